The minimum Gasteiger partial charge on any atom is -0.0804 e. The van der Waals surface area contributed by atoms with Crippen LogP contribution in [0.3, 0.4) is 0 Å². The van der Waals surface area contributed by atoms with Crippen LogP contribution in [0.15, 0.2) is 54.6 Å². The molecule has 0 aromatic heterocycles. The highest BCUT2D eigenvalue weighted by Crippen LogP contribution is 2.39. The second kappa shape index (κ2) is 16.3. The summed E-state index contributed by atoms with van der Waals surface area (Å²) in [6.07, 6.45) is 29.3. The average molecular weight is 513 g/mol. The van der Waals surface area contributed by atoms with E-state index >= 15 is 0 Å². The van der Waals surface area contributed by atoms with E-state index in [2.05, 4.69) is 68.5 Å². The van der Waals surface area contributed by atoms with Gasteiger partial charge >= 0.3 is 0 Å². The zero-order chi connectivity index (χ0) is 26.4. The minimum atomic E-state index is 0.778. The third kappa shape index (κ3) is 9.14. The molecule has 0 heteroatoms. The van der Waals surface area contributed by atoms with Crippen molar-refractivity contribution in [3.8, 4) is 11.1 Å². The van der Waals surface area contributed by atoms with Gasteiger partial charge in [-0.2, -0.15) is 0 Å². The van der Waals surface area contributed by atoms with Crippen molar-refractivity contribution in [1.29, 1.82) is 0 Å². The van der Waals surface area contributed by atoms with Crippen molar-refractivity contribution in [3.05, 3.63) is 65.7 Å². The molecule has 38 heavy (non-hydrogen) atoms. The molecule has 0 N–H and O–H groups in total. The number of unbranched alkanes of at least 4 members (excludes halogenated alkanes) is 8. The van der Waals surface area contributed by atoms with Gasteiger partial charge in [0.1, 0.15) is 0 Å². The fourth-order valence-electron chi connectivity index (χ4n) is 7.08. The Balaban J connectivity index is 1.18. The lowest BCUT2D eigenvalue weighted by Crippen LogP contribution is -2.13. The van der Waals surface area contributed by atoms with Crippen LogP contribution in [0.4, 0.5) is 0 Å². The van der Waals surface area contributed by atoms with E-state index in [9.17, 15) is 0 Å². The molecule has 1 atom stereocenters. The van der Waals surface area contributed by atoms with Gasteiger partial charge in [0.15, 0.2) is 0 Å². The molecule has 2 aliphatic carbocycles. The monoisotopic (exact) mass is 512 g/mol. The zero-order valence-electron chi connectivity index (χ0n) is 24.9. The van der Waals surface area contributed by atoms with Crippen LogP contribution in [-0.4, -0.2) is 0 Å². The van der Waals surface area contributed by atoms with Crippen LogP contribution in [0.25, 0.3) is 16.7 Å². The zero-order valence-corrected chi connectivity index (χ0v) is 24.9. The summed E-state index contributed by atoms with van der Waals surface area (Å²) in [5.41, 5.74) is 7.29. The normalized spacial score (nSPS) is 21.8. The van der Waals surface area contributed by atoms with Crippen LogP contribution in [0, 0.1) is 11.8 Å². The van der Waals surface area contributed by atoms with E-state index in [1.54, 1.807) is 11.1 Å². The maximum absolute atomic E-state index is 2.53. The molecule has 2 aromatic carbocycles. The number of rotatable bonds is 15. The van der Waals surface area contributed by atoms with E-state index in [1.807, 2.05) is 0 Å². The van der Waals surface area contributed by atoms with Crippen LogP contribution in [0.2, 0.25) is 0 Å². The fourth-order valence-corrected chi connectivity index (χ4v) is 7.08. The molecule has 0 saturated heterocycles. The molecule has 0 bridgehead atoms. The van der Waals surface area contributed by atoms with Gasteiger partial charge in [0.25, 0.3) is 0 Å². The van der Waals surface area contributed by atoms with Crippen LogP contribution >= 0.6 is 0 Å². The van der Waals surface area contributed by atoms with Crippen LogP contribution < -0.4 is 0 Å². The Kier molecular flexibility index (Phi) is 12.5. The number of hydrogen-bond donors (Lipinski definition) is 0. The molecule has 0 nitrogen and oxygen atoms in total. The van der Waals surface area contributed by atoms with E-state index in [0.717, 1.165) is 17.8 Å². The summed E-state index contributed by atoms with van der Waals surface area (Å²) in [5.74, 6) is 2.69. The molecule has 2 aromatic rings. The summed E-state index contributed by atoms with van der Waals surface area (Å²) in [7, 11) is 0. The van der Waals surface area contributed by atoms with Gasteiger partial charge in [0, 0.05) is 0 Å². The van der Waals surface area contributed by atoms with Crippen molar-refractivity contribution >= 4 is 5.57 Å². The lowest BCUT2D eigenvalue weighted by Gasteiger charge is -2.29. The van der Waals surface area contributed by atoms with Gasteiger partial charge < -0.3 is 0 Å². The number of benzene rings is 2. The molecule has 1 saturated carbocycles. The highest BCUT2D eigenvalue weighted by Gasteiger charge is 2.22. The van der Waals surface area contributed by atoms with Gasteiger partial charge in [-0.15, -0.1) is 0 Å². The van der Waals surface area contributed by atoms with Gasteiger partial charge in [0.2, 0.25) is 0 Å². The third-order valence-corrected chi connectivity index (χ3v) is 9.77. The van der Waals surface area contributed by atoms with Crippen molar-refractivity contribution in [3.63, 3.8) is 0 Å². The summed E-state index contributed by atoms with van der Waals surface area (Å²) < 4.78 is 0. The summed E-state index contributed by atoms with van der Waals surface area (Å²) in [6.45, 7) is 4.62. The van der Waals surface area contributed by atoms with E-state index in [-0.39, 0.29) is 0 Å². The van der Waals surface area contributed by atoms with Crippen LogP contribution in [-0.2, 0) is 0 Å². The summed E-state index contributed by atoms with van der Waals surface area (Å²) in [4.78, 5) is 0. The largest absolute Gasteiger partial charge is 0.0804 e. The Morgan fingerprint density at radius 2 is 1.08 bits per heavy atom. The highest BCUT2D eigenvalue weighted by atomic mass is 14.3. The summed E-state index contributed by atoms with van der Waals surface area (Å²) >= 11 is 0. The quantitative estimate of drug-likeness (QED) is 0.208. The predicted octanol–water partition coefficient (Wildman–Crippen LogP) is 12.5. The number of allylic oxidation sites excluding steroid dienone is 2. The number of hydrogen-bond acceptors (Lipinski definition) is 0. The van der Waals surface area contributed by atoms with Crippen LogP contribution in [0.1, 0.15) is 153 Å². The van der Waals surface area contributed by atoms with Crippen molar-refractivity contribution in [2.24, 2.45) is 11.8 Å². The van der Waals surface area contributed by atoms with E-state index in [0.29, 0.717) is 0 Å². The van der Waals surface area contributed by atoms with Crippen molar-refractivity contribution in [2.45, 2.75) is 142 Å². The van der Waals surface area contributed by atoms with Crippen LogP contribution in [0.5, 0.6) is 0 Å². The summed E-state index contributed by atoms with van der Waals surface area (Å²) in [5, 5.41) is 0. The smallest absolute Gasteiger partial charge is 0.0162 e. The SMILES string of the molecule is CCCCCCCCCC[C@H]1CC[C@H](c2ccc(-c3ccc(C4=CCC(CCCC)CC4)cc3)cc2)CC1. The molecular formula is C38H56. The van der Waals surface area contributed by atoms with Gasteiger partial charge in [-0.25, -0.2) is 0 Å². The topological polar surface area (TPSA) is 0 Å². The fraction of sp³-hybridized carbons (Fsp3) is 0.632. The molecule has 0 aliphatic heterocycles. The Hall–Kier alpha value is -1.82. The molecule has 208 valence electrons. The molecule has 4 rings (SSSR count). The third-order valence-electron chi connectivity index (χ3n) is 9.77. The Morgan fingerprint density at radius 1 is 0.526 bits per heavy atom. The van der Waals surface area contributed by atoms with Crippen molar-refractivity contribution in [2.75, 3.05) is 0 Å². The predicted molar refractivity (Wildman–Crippen MR) is 169 cm³/mol. The van der Waals surface area contributed by atoms with Gasteiger partial charge in [0.05, 0.1) is 0 Å². The molecule has 2 aliphatic rings. The second-order valence-electron chi connectivity index (χ2n) is 12.7. The lowest BCUT2D eigenvalue weighted by molar-refractivity contribution is 0.302. The molecule has 0 radical (unpaired) electrons. The van der Waals surface area contributed by atoms with Gasteiger partial charge in [-0.3, -0.25) is 0 Å². The first-order valence-corrected chi connectivity index (χ1v) is 16.7. The molecular weight excluding hydrogens is 456 g/mol. The van der Waals surface area contributed by atoms with E-state index in [1.165, 1.54) is 139 Å². The maximum atomic E-state index is 2.53. The first-order valence-electron chi connectivity index (χ1n) is 16.7. The second-order valence-corrected chi connectivity index (χ2v) is 12.7. The molecule has 1 fully saturated rings. The van der Waals surface area contributed by atoms with Gasteiger partial charge in [-0.1, -0.05) is 146 Å². The minimum absolute atomic E-state index is 0.778. The first kappa shape index (κ1) is 29.2. The maximum Gasteiger partial charge on any atom is -0.0162 e. The Morgan fingerprint density at radius 3 is 1.68 bits per heavy atom. The van der Waals surface area contributed by atoms with E-state index < -0.39 is 0 Å². The lowest BCUT2D eigenvalue weighted by atomic mass is 9.77. The van der Waals surface area contributed by atoms with Crippen molar-refractivity contribution in [1.82, 2.24) is 0 Å². The standard InChI is InChI=1S/C38H56/c1-3-5-7-8-9-10-11-12-14-32-17-21-34(22-18-32)36-25-29-38(30-26-36)37-27-23-35(24-28-37)33-19-15-31(16-20-33)13-6-4-2/h19,23-32,34H,3-18,20-22H2,1-2H3/t31?,32-,34-. The molecule has 0 amide bonds. The summed E-state index contributed by atoms with van der Waals surface area (Å²) in [6, 6.07) is 19.0. The Labute approximate surface area is 235 Å². The molecule has 1 unspecified atom stereocenters. The highest BCUT2D eigenvalue weighted by molar-refractivity contribution is 5.71. The average Bonchev–Trinajstić information content (AvgIpc) is 2.98. The van der Waals surface area contributed by atoms with Crippen molar-refractivity contribution < 1.29 is 0 Å². The van der Waals surface area contributed by atoms with Gasteiger partial charge in [-0.05, 0) is 90.5 Å². The van der Waals surface area contributed by atoms with E-state index in [4.69, 9.17) is 0 Å². The Bertz CT molecular complexity index is 923. The molecule has 0 spiro atoms. The first-order chi connectivity index (χ1) is 18.8. The molecule has 0 heterocycles.